The summed E-state index contributed by atoms with van der Waals surface area (Å²) in [6.45, 7) is 0.915. The number of β-lactam (4-membered cyclic amide) rings is 1. The number of carboxylic acids is 1. The third-order valence-corrected chi connectivity index (χ3v) is 6.85. The molecule has 12 heteroatoms. The summed E-state index contributed by atoms with van der Waals surface area (Å²) >= 11 is 0.403. The summed E-state index contributed by atoms with van der Waals surface area (Å²) in [5, 5.41) is 13.1. The molecular formula is C15H16N4O6S2. The number of rotatable bonds is 6. The normalized spacial score (nSPS) is 21.4. The van der Waals surface area contributed by atoms with Gasteiger partial charge in [0, 0.05) is 17.9 Å². The Bertz CT molecular complexity index is 851. The van der Waals surface area contributed by atoms with Crippen molar-refractivity contribution in [1.82, 2.24) is 14.6 Å². The van der Waals surface area contributed by atoms with E-state index in [4.69, 9.17) is 10.5 Å². The van der Waals surface area contributed by atoms with E-state index in [1.807, 2.05) is 0 Å². The number of nitrogens with one attached hydrogen (secondary N) is 1. The molecule has 0 spiro atoms. The highest BCUT2D eigenvalue weighted by Crippen LogP contribution is 2.36. The van der Waals surface area contributed by atoms with Crippen LogP contribution in [0.4, 0.5) is 5.13 Å². The van der Waals surface area contributed by atoms with Crippen LogP contribution >= 0.6 is 11.3 Å². The van der Waals surface area contributed by atoms with Crippen LogP contribution in [0.3, 0.4) is 0 Å². The van der Waals surface area contributed by atoms with Crippen molar-refractivity contribution in [3.8, 4) is 0 Å². The average Bonchev–Trinajstić information content (AvgIpc) is 2.97. The van der Waals surface area contributed by atoms with Crippen LogP contribution < -0.4 is 15.6 Å². The second-order valence-corrected chi connectivity index (χ2v) is 8.68. The number of fused-ring (bicyclic) bond motifs is 1. The minimum Gasteiger partial charge on any atom is -0.543 e. The number of anilines is 1. The first-order chi connectivity index (χ1) is 12.8. The van der Waals surface area contributed by atoms with Gasteiger partial charge in [0.25, 0.3) is 5.91 Å². The molecule has 0 saturated carbocycles. The number of carbonyl (C=O) groups is 4. The van der Waals surface area contributed by atoms with Crippen molar-refractivity contribution in [3.05, 3.63) is 22.3 Å². The fraction of sp³-hybridized carbons (Fsp3) is 0.400. The smallest absolute Gasteiger partial charge is 0.302 e. The molecule has 10 nitrogen and oxygen atoms in total. The molecular weight excluding hydrogens is 396 g/mol. The van der Waals surface area contributed by atoms with E-state index in [0.29, 0.717) is 10.8 Å². The summed E-state index contributed by atoms with van der Waals surface area (Å²) in [7, 11) is 0. The van der Waals surface area contributed by atoms with Crippen molar-refractivity contribution in [2.45, 2.75) is 25.1 Å². The highest BCUT2D eigenvalue weighted by molar-refractivity contribution is 7.96. The fourth-order valence-corrected chi connectivity index (χ4v) is 5.55. The molecule has 1 unspecified atom stereocenters. The molecule has 3 N–H and O–H groups in total. The largest absolute Gasteiger partial charge is 0.543 e. The van der Waals surface area contributed by atoms with Crippen LogP contribution in [-0.4, -0.2) is 51.4 Å². The van der Waals surface area contributed by atoms with E-state index in [1.165, 1.54) is 18.3 Å². The number of thiazole rings is 1. The monoisotopic (exact) mass is 412 g/mol. The van der Waals surface area contributed by atoms with Crippen LogP contribution in [0.5, 0.6) is 0 Å². The minimum atomic E-state index is -1.51. The average molecular weight is 412 g/mol. The molecule has 0 radical (unpaired) electrons. The van der Waals surface area contributed by atoms with E-state index in [-0.39, 0.29) is 48.3 Å². The number of nitrogen functional groups attached to an aromatic ring is 1. The number of esters is 1. The topological polar surface area (TPSA) is 155 Å². The number of hydrogen-bond donors (Lipinski definition) is 2. The number of hydrogen-bond acceptors (Lipinski definition) is 9. The molecule has 1 aromatic rings. The quantitative estimate of drug-likeness (QED) is 0.310. The predicted octanol–water partition coefficient (Wildman–Crippen LogP) is -1.94. The van der Waals surface area contributed by atoms with Crippen molar-refractivity contribution in [2.75, 3.05) is 18.1 Å². The van der Waals surface area contributed by atoms with E-state index in [2.05, 4.69) is 9.71 Å². The molecule has 0 aromatic carbocycles. The number of amides is 2. The highest BCUT2D eigenvalue weighted by atomic mass is 32.2. The Morgan fingerprint density at radius 1 is 1.52 bits per heavy atom. The summed E-state index contributed by atoms with van der Waals surface area (Å²) in [4.78, 5) is 52.0. The first kappa shape index (κ1) is 19.2. The van der Waals surface area contributed by atoms with Gasteiger partial charge in [-0.2, -0.15) is 4.72 Å². The van der Waals surface area contributed by atoms with Crippen LogP contribution in [0, 0.1) is 0 Å². The third-order valence-electron chi connectivity index (χ3n) is 3.94. The maximum atomic E-state index is 12.3. The number of nitrogens with two attached hydrogens (primary N) is 1. The molecule has 2 aliphatic rings. The summed E-state index contributed by atoms with van der Waals surface area (Å²) in [6.07, 6.45) is 0.152. The molecule has 3 rings (SSSR count). The summed E-state index contributed by atoms with van der Waals surface area (Å²) in [6, 6.07) is 0. The molecule has 1 fully saturated rings. The fourth-order valence-electron chi connectivity index (χ4n) is 2.80. The summed E-state index contributed by atoms with van der Waals surface area (Å²) < 4.78 is 7.74. The molecule has 27 heavy (non-hydrogen) atoms. The lowest BCUT2D eigenvalue weighted by Gasteiger charge is -2.43. The molecule has 2 aliphatic heterocycles. The number of ether oxygens (including phenoxy) is 1. The maximum Gasteiger partial charge on any atom is 0.302 e. The molecule has 2 amide bonds. The van der Waals surface area contributed by atoms with Crippen molar-refractivity contribution in [2.24, 2.45) is 0 Å². The first-order valence-corrected chi connectivity index (χ1v) is 10.2. The molecule has 144 valence electrons. The number of aliphatic carboxylic acids is 1. The van der Waals surface area contributed by atoms with Gasteiger partial charge in [0.15, 0.2) is 10.9 Å². The van der Waals surface area contributed by atoms with Crippen LogP contribution in [0.15, 0.2) is 16.7 Å². The molecule has 1 aromatic heterocycles. The van der Waals surface area contributed by atoms with E-state index in [0.717, 1.165) is 4.90 Å². The van der Waals surface area contributed by atoms with Crippen molar-refractivity contribution in [1.29, 1.82) is 0 Å². The van der Waals surface area contributed by atoms with Crippen LogP contribution in [0.2, 0.25) is 0 Å². The Morgan fingerprint density at radius 3 is 2.81 bits per heavy atom. The van der Waals surface area contributed by atoms with Gasteiger partial charge in [-0.25, -0.2) is 4.98 Å². The maximum absolute atomic E-state index is 12.3. The van der Waals surface area contributed by atoms with Crippen LogP contribution in [0.1, 0.15) is 19.0 Å². The standard InChI is InChI=1S/C15H16N4O6S2/c1-7(20)25-4-8-6-27(12-3-11(22)19(12)13(8)14(23)24)18-10(21)2-9-5-26-15(16)17-9/h5,12H,2-4,6H2,1H3,(H3-,16,17,18,21,23,24)/t12-,27?/m1/s1. The van der Waals surface area contributed by atoms with Crippen LogP contribution in [0.25, 0.3) is 0 Å². The highest BCUT2D eigenvalue weighted by Gasteiger charge is 2.55. The van der Waals surface area contributed by atoms with E-state index >= 15 is 0 Å². The number of aromatic nitrogens is 1. The van der Waals surface area contributed by atoms with Gasteiger partial charge in [0.05, 0.1) is 30.2 Å². The number of carboxylic acid groups (broad SMARTS) is 1. The summed E-state index contributed by atoms with van der Waals surface area (Å²) in [5.74, 6) is -2.62. The SMILES string of the molecule is CC(=O)OCC1=C(C(=O)[O-])N2C(=O)C[C@H]2[S+](NC(=O)Cc2csc(N)n2)C1. The third kappa shape index (κ3) is 4.06. The summed E-state index contributed by atoms with van der Waals surface area (Å²) in [5.41, 5.74) is 6.04. The van der Waals surface area contributed by atoms with Gasteiger partial charge >= 0.3 is 5.97 Å². The Morgan fingerprint density at radius 2 is 2.26 bits per heavy atom. The lowest BCUT2D eigenvalue weighted by molar-refractivity contribution is -0.301. The van der Waals surface area contributed by atoms with Gasteiger partial charge in [-0.15, -0.1) is 11.3 Å². The zero-order chi connectivity index (χ0) is 19.7. The number of nitrogens with zero attached hydrogens (tertiary/aromatic N) is 2. The lowest BCUT2D eigenvalue weighted by atomic mass is 10.1. The zero-order valence-corrected chi connectivity index (χ0v) is 15.9. The van der Waals surface area contributed by atoms with Gasteiger partial charge in [-0.1, -0.05) is 0 Å². The zero-order valence-electron chi connectivity index (χ0n) is 14.2. The van der Waals surface area contributed by atoms with Gasteiger partial charge < -0.3 is 20.4 Å². The first-order valence-electron chi connectivity index (χ1n) is 7.84. The second-order valence-electron chi connectivity index (χ2n) is 5.89. The minimum absolute atomic E-state index is 0.0220. The van der Waals surface area contributed by atoms with Crippen molar-refractivity contribution >= 4 is 51.3 Å². The van der Waals surface area contributed by atoms with Crippen molar-refractivity contribution < 1.29 is 29.0 Å². The van der Waals surface area contributed by atoms with E-state index in [9.17, 15) is 24.3 Å². The van der Waals surface area contributed by atoms with Crippen LogP contribution in [-0.2, 0) is 41.4 Å². The van der Waals surface area contributed by atoms with Gasteiger partial charge in [0.2, 0.25) is 11.3 Å². The predicted molar refractivity (Wildman–Crippen MR) is 94.5 cm³/mol. The Hall–Kier alpha value is -2.60. The van der Waals surface area contributed by atoms with Gasteiger partial charge in [-0.05, 0) is 0 Å². The Labute approximate surface area is 160 Å². The van der Waals surface area contributed by atoms with Gasteiger partial charge in [-0.3, -0.25) is 19.3 Å². The Balaban J connectivity index is 1.76. The molecule has 2 atom stereocenters. The second kappa shape index (κ2) is 7.56. The molecule has 0 bridgehead atoms. The van der Waals surface area contributed by atoms with Crippen molar-refractivity contribution in [3.63, 3.8) is 0 Å². The van der Waals surface area contributed by atoms with E-state index in [1.54, 1.807) is 5.38 Å². The number of carbonyl (C=O) groups excluding carboxylic acids is 4. The Kier molecular flexibility index (Phi) is 5.37. The lowest BCUT2D eigenvalue weighted by Crippen LogP contribution is -2.65. The molecule has 3 heterocycles. The molecule has 1 saturated heterocycles. The van der Waals surface area contributed by atoms with E-state index < -0.39 is 28.4 Å². The van der Waals surface area contributed by atoms with Gasteiger partial charge in [0.1, 0.15) is 17.7 Å². The molecule has 0 aliphatic carbocycles.